The molecule has 0 spiro atoms. The molecule has 4 rings (SSSR count). The summed E-state index contributed by atoms with van der Waals surface area (Å²) in [5, 5.41) is 4.73. The lowest BCUT2D eigenvalue weighted by Crippen LogP contribution is -2.32. The van der Waals surface area contributed by atoms with Crippen LogP contribution in [-0.2, 0) is 10.0 Å². The van der Waals surface area contributed by atoms with E-state index in [1.807, 2.05) is 43.3 Å². The first-order valence-corrected chi connectivity index (χ1v) is 13.5. The molecule has 0 unspecified atom stereocenters. The summed E-state index contributed by atoms with van der Waals surface area (Å²) in [5.74, 6) is 2.38. The predicted octanol–water partition coefficient (Wildman–Crippen LogP) is 4.85. The van der Waals surface area contributed by atoms with Crippen molar-refractivity contribution in [2.45, 2.75) is 37.5 Å². The van der Waals surface area contributed by atoms with Gasteiger partial charge in [-0.2, -0.15) is 4.98 Å². The lowest BCUT2D eigenvalue weighted by atomic mass is 9.82. The van der Waals surface area contributed by atoms with E-state index in [1.165, 1.54) is 0 Å². The zero-order chi connectivity index (χ0) is 24.3. The van der Waals surface area contributed by atoms with Gasteiger partial charge >= 0.3 is 0 Å². The maximum atomic E-state index is 12.8. The van der Waals surface area contributed by atoms with Crippen molar-refractivity contribution in [3.05, 3.63) is 53.1 Å². The first-order valence-electron chi connectivity index (χ1n) is 11.7. The molecule has 3 aromatic rings. The topological polar surface area (TPSA) is 87.2 Å². The van der Waals surface area contributed by atoms with Crippen molar-refractivity contribution in [2.75, 3.05) is 37.4 Å². The van der Waals surface area contributed by atoms with Crippen LogP contribution >= 0.6 is 11.6 Å². The Hall–Kier alpha value is -2.42. The van der Waals surface area contributed by atoms with E-state index in [0.29, 0.717) is 29.9 Å². The van der Waals surface area contributed by atoms with E-state index in [-0.39, 0.29) is 9.92 Å². The normalized spacial score (nSPS) is 18.7. The molecule has 0 saturated heterocycles. The van der Waals surface area contributed by atoms with Crippen LogP contribution < -0.4 is 14.9 Å². The van der Waals surface area contributed by atoms with E-state index < -0.39 is 10.0 Å². The van der Waals surface area contributed by atoms with Gasteiger partial charge in [-0.15, -0.1) is 0 Å². The van der Waals surface area contributed by atoms with Gasteiger partial charge in [-0.05, 0) is 68.2 Å². The molecular weight excluding hydrogens is 470 g/mol. The second-order valence-corrected chi connectivity index (χ2v) is 11.4. The minimum absolute atomic E-state index is 0.182. The van der Waals surface area contributed by atoms with Crippen LogP contribution in [0.15, 0.2) is 47.4 Å². The SMILES string of the molecule is Cc1cccc(Cl)c1S(=O)(=O)NC[C@H]1CC[C@H](CNc2nc(N(C)C)c3ccccc3n2)CC1. The van der Waals surface area contributed by atoms with E-state index in [2.05, 4.69) is 15.0 Å². The van der Waals surface area contributed by atoms with Crippen LogP contribution in [0.5, 0.6) is 0 Å². The van der Waals surface area contributed by atoms with Gasteiger partial charge in [-0.3, -0.25) is 0 Å². The molecule has 1 aliphatic rings. The van der Waals surface area contributed by atoms with Gasteiger partial charge in [0.05, 0.1) is 10.5 Å². The summed E-state index contributed by atoms with van der Waals surface area (Å²) in [6.07, 6.45) is 4.05. The summed E-state index contributed by atoms with van der Waals surface area (Å²) in [5.41, 5.74) is 1.58. The summed E-state index contributed by atoms with van der Waals surface area (Å²) < 4.78 is 28.4. The van der Waals surface area contributed by atoms with Gasteiger partial charge < -0.3 is 10.2 Å². The van der Waals surface area contributed by atoms with Gasteiger partial charge in [0.15, 0.2) is 0 Å². The zero-order valence-corrected chi connectivity index (χ0v) is 21.5. The minimum atomic E-state index is -3.62. The maximum absolute atomic E-state index is 12.8. The van der Waals surface area contributed by atoms with Crippen molar-refractivity contribution in [1.82, 2.24) is 14.7 Å². The van der Waals surface area contributed by atoms with E-state index in [9.17, 15) is 8.42 Å². The molecule has 7 nitrogen and oxygen atoms in total. The highest BCUT2D eigenvalue weighted by molar-refractivity contribution is 7.89. The maximum Gasteiger partial charge on any atom is 0.242 e. The van der Waals surface area contributed by atoms with E-state index >= 15 is 0 Å². The quantitative estimate of drug-likeness (QED) is 0.458. The summed E-state index contributed by atoms with van der Waals surface area (Å²) >= 11 is 6.16. The third-order valence-corrected chi connectivity index (χ3v) is 8.57. The van der Waals surface area contributed by atoms with Crippen LogP contribution in [-0.4, -0.2) is 45.6 Å². The Bertz CT molecular complexity index is 1240. The van der Waals surface area contributed by atoms with E-state index in [4.69, 9.17) is 16.6 Å². The molecule has 0 atom stereocenters. The number of anilines is 2. The number of aromatic nitrogens is 2. The van der Waals surface area contributed by atoms with Crippen molar-refractivity contribution in [3.63, 3.8) is 0 Å². The highest BCUT2D eigenvalue weighted by Gasteiger charge is 2.25. The van der Waals surface area contributed by atoms with Gasteiger partial charge in [0, 0.05) is 32.6 Å². The van der Waals surface area contributed by atoms with Crippen molar-refractivity contribution in [1.29, 1.82) is 0 Å². The molecule has 0 radical (unpaired) electrons. The fourth-order valence-electron chi connectivity index (χ4n) is 4.61. The van der Waals surface area contributed by atoms with E-state index in [0.717, 1.165) is 48.9 Å². The number of fused-ring (bicyclic) bond motifs is 1. The largest absolute Gasteiger partial charge is 0.362 e. The number of aryl methyl sites for hydroxylation is 1. The minimum Gasteiger partial charge on any atom is -0.362 e. The molecule has 0 amide bonds. The highest BCUT2D eigenvalue weighted by atomic mass is 35.5. The first-order chi connectivity index (χ1) is 16.2. The predicted molar refractivity (Wildman–Crippen MR) is 139 cm³/mol. The van der Waals surface area contributed by atoms with Gasteiger partial charge in [-0.25, -0.2) is 18.1 Å². The van der Waals surface area contributed by atoms with Gasteiger partial charge in [0.25, 0.3) is 0 Å². The third-order valence-electron chi connectivity index (χ3n) is 6.52. The lowest BCUT2D eigenvalue weighted by Gasteiger charge is -2.29. The van der Waals surface area contributed by atoms with Crippen molar-refractivity contribution in [2.24, 2.45) is 11.8 Å². The summed E-state index contributed by atoms with van der Waals surface area (Å²) in [4.78, 5) is 11.6. The zero-order valence-electron chi connectivity index (χ0n) is 19.9. The van der Waals surface area contributed by atoms with Crippen LogP contribution in [0.2, 0.25) is 5.02 Å². The average molecular weight is 502 g/mol. The van der Waals surface area contributed by atoms with Crippen molar-refractivity contribution >= 4 is 44.3 Å². The smallest absolute Gasteiger partial charge is 0.242 e. The molecule has 182 valence electrons. The summed E-state index contributed by atoms with van der Waals surface area (Å²) in [7, 11) is 0.350. The molecule has 1 heterocycles. The van der Waals surface area contributed by atoms with Crippen LogP contribution in [0.25, 0.3) is 10.9 Å². The number of sulfonamides is 1. The number of nitrogens with one attached hydrogen (secondary N) is 2. The van der Waals surface area contributed by atoms with Crippen LogP contribution in [0, 0.1) is 18.8 Å². The average Bonchev–Trinajstić information content (AvgIpc) is 2.81. The number of hydrogen-bond donors (Lipinski definition) is 2. The van der Waals surface area contributed by atoms with Crippen LogP contribution in [0.1, 0.15) is 31.2 Å². The summed E-state index contributed by atoms with van der Waals surface area (Å²) in [6, 6.07) is 13.2. The van der Waals surface area contributed by atoms with Crippen LogP contribution in [0.3, 0.4) is 0 Å². The molecule has 1 aliphatic carbocycles. The highest BCUT2D eigenvalue weighted by Crippen LogP contribution is 2.30. The Labute approximate surface area is 207 Å². The molecule has 2 aromatic carbocycles. The molecule has 34 heavy (non-hydrogen) atoms. The Morgan fingerprint density at radius 2 is 1.65 bits per heavy atom. The number of halogens is 1. The lowest BCUT2D eigenvalue weighted by molar-refractivity contribution is 0.284. The summed E-state index contributed by atoms with van der Waals surface area (Å²) in [6.45, 7) is 3.01. The standard InChI is InChI=1S/C25H32ClN5O2S/c1-17-7-6-9-21(26)23(17)34(32,33)28-16-19-13-11-18(12-14-19)15-27-25-29-22-10-5-4-8-20(22)24(30-25)31(2)3/h4-10,18-19,28H,11-16H2,1-3H3,(H,27,29,30)/t18-,19-. The molecule has 2 N–H and O–H groups in total. The Morgan fingerprint density at radius 1 is 0.971 bits per heavy atom. The molecule has 1 fully saturated rings. The number of rotatable bonds is 8. The molecule has 9 heteroatoms. The monoisotopic (exact) mass is 501 g/mol. The molecule has 0 bridgehead atoms. The molecule has 1 saturated carbocycles. The molecule has 1 aromatic heterocycles. The van der Waals surface area contributed by atoms with Gasteiger partial charge in [0.1, 0.15) is 10.7 Å². The second-order valence-electron chi connectivity index (χ2n) is 9.29. The van der Waals surface area contributed by atoms with Crippen molar-refractivity contribution in [3.8, 4) is 0 Å². The van der Waals surface area contributed by atoms with E-state index in [1.54, 1.807) is 25.1 Å². The number of nitrogens with zero attached hydrogens (tertiary/aromatic N) is 3. The Balaban J connectivity index is 1.30. The Morgan fingerprint density at radius 3 is 2.32 bits per heavy atom. The number of hydrogen-bond acceptors (Lipinski definition) is 6. The van der Waals surface area contributed by atoms with Crippen molar-refractivity contribution < 1.29 is 8.42 Å². The Kier molecular flexibility index (Phi) is 7.60. The number of benzene rings is 2. The van der Waals surface area contributed by atoms with Gasteiger partial charge in [-0.1, -0.05) is 35.9 Å². The molecule has 0 aliphatic heterocycles. The van der Waals surface area contributed by atoms with Gasteiger partial charge in [0.2, 0.25) is 16.0 Å². The second kappa shape index (κ2) is 10.5. The fraction of sp³-hybridized carbons (Fsp3) is 0.440. The van der Waals surface area contributed by atoms with Crippen LogP contribution in [0.4, 0.5) is 11.8 Å². The molecular formula is C25H32ClN5O2S. The first kappa shape index (κ1) is 24.7. The third kappa shape index (κ3) is 5.62. The fourth-order valence-corrected chi connectivity index (χ4v) is 6.55. The number of para-hydroxylation sites is 1.